The van der Waals surface area contributed by atoms with Crippen molar-refractivity contribution >= 4 is 0 Å². The molecule has 1 rings (SSSR count). The van der Waals surface area contributed by atoms with E-state index in [1.54, 1.807) is 0 Å². The molecule has 0 aliphatic carbocycles. The summed E-state index contributed by atoms with van der Waals surface area (Å²) >= 11 is 0. The van der Waals surface area contributed by atoms with Crippen LogP contribution in [0.4, 0.5) is 0 Å². The molecule has 14 heavy (non-hydrogen) atoms. The van der Waals surface area contributed by atoms with Crippen LogP contribution >= 0.6 is 0 Å². The highest BCUT2D eigenvalue weighted by Gasteiger charge is 1.97. The third kappa shape index (κ3) is 3.30. The molecule has 76 valence electrons. The maximum Gasteiger partial charge on any atom is 0.0315 e. The van der Waals surface area contributed by atoms with E-state index in [1.165, 1.54) is 16.7 Å². The molecule has 0 radical (unpaired) electrons. The van der Waals surface area contributed by atoms with Gasteiger partial charge in [-0.1, -0.05) is 19.1 Å². The molecular formula is C12H18N2. The summed E-state index contributed by atoms with van der Waals surface area (Å²) < 4.78 is 0. The average Bonchev–Trinajstić information content (AvgIpc) is 2.20. The molecule has 0 amide bonds. The maximum absolute atomic E-state index is 4.10. The van der Waals surface area contributed by atoms with Crippen LogP contribution in [0, 0.1) is 6.92 Å². The minimum absolute atomic E-state index is 0.874. The predicted octanol–water partition coefficient (Wildman–Crippen LogP) is 2.45. The number of hydrogen-bond donors (Lipinski definition) is 1. The van der Waals surface area contributed by atoms with Crippen molar-refractivity contribution < 1.29 is 0 Å². The lowest BCUT2D eigenvalue weighted by Crippen LogP contribution is -2.16. The van der Waals surface area contributed by atoms with Gasteiger partial charge in [0, 0.05) is 25.5 Å². The van der Waals surface area contributed by atoms with Gasteiger partial charge < -0.3 is 5.32 Å². The van der Waals surface area contributed by atoms with Crippen molar-refractivity contribution in [2.45, 2.75) is 26.8 Å². The number of rotatable bonds is 5. The number of hydrogen-bond acceptors (Lipinski definition) is 2. The van der Waals surface area contributed by atoms with Crippen molar-refractivity contribution in [3.05, 3.63) is 41.7 Å². The zero-order chi connectivity index (χ0) is 10.4. The molecule has 1 heterocycles. The summed E-state index contributed by atoms with van der Waals surface area (Å²) in [6.07, 6.45) is 4.78. The Balaban J connectivity index is 2.39. The minimum Gasteiger partial charge on any atom is -0.309 e. The molecule has 2 heteroatoms. The predicted molar refractivity (Wildman–Crippen MR) is 60.1 cm³/mol. The summed E-state index contributed by atoms with van der Waals surface area (Å²) in [5.74, 6) is 0. The molecule has 0 unspecified atom stereocenters. The van der Waals surface area contributed by atoms with Crippen molar-refractivity contribution in [1.29, 1.82) is 0 Å². The van der Waals surface area contributed by atoms with E-state index < -0.39 is 0 Å². The van der Waals surface area contributed by atoms with E-state index in [0.29, 0.717) is 0 Å². The maximum atomic E-state index is 4.10. The number of aryl methyl sites for hydroxylation is 1. The first-order chi connectivity index (χ1) is 6.74. The van der Waals surface area contributed by atoms with E-state index in [-0.39, 0.29) is 0 Å². The Bertz CT molecular complexity index is 305. The molecule has 2 nitrogen and oxygen atoms in total. The molecule has 1 N–H and O–H groups in total. The lowest BCUT2D eigenvalue weighted by atomic mass is 10.1. The Morgan fingerprint density at radius 2 is 2.36 bits per heavy atom. The number of nitrogens with zero attached hydrogens (tertiary/aromatic N) is 1. The first-order valence-electron chi connectivity index (χ1n) is 5.01. The number of aromatic nitrogens is 1. The smallest absolute Gasteiger partial charge is 0.0315 e. The van der Waals surface area contributed by atoms with Gasteiger partial charge in [0.2, 0.25) is 0 Å². The van der Waals surface area contributed by atoms with Gasteiger partial charge in [0.15, 0.2) is 0 Å². The number of nitrogens with one attached hydrogen (secondary N) is 1. The Hall–Kier alpha value is -1.15. The van der Waals surface area contributed by atoms with Crippen LogP contribution in [0.15, 0.2) is 30.6 Å². The van der Waals surface area contributed by atoms with Crippen LogP contribution in [0.2, 0.25) is 0 Å². The van der Waals surface area contributed by atoms with Crippen molar-refractivity contribution in [1.82, 2.24) is 10.3 Å². The minimum atomic E-state index is 0.874. The van der Waals surface area contributed by atoms with Crippen molar-refractivity contribution in [2.24, 2.45) is 0 Å². The molecule has 0 aliphatic heterocycles. The third-order valence-electron chi connectivity index (χ3n) is 2.34. The molecule has 0 atom stereocenters. The zero-order valence-corrected chi connectivity index (χ0v) is 9.01. The lowest BCUT2D eigenvalue weighted by Gasteiger charge is -2.07. The van der Waals surface area contributed by atoms with Gasteiger partial charge in [-0.15, -0.1) is 0 Å². The van der Waals surface area contributed by atoms with Crippen LogP contribution in [0.5, 0.6) is 0 Å². The zero-order valence-electron chi connectivity index (χ0n) is 9.01. The quantitative estimate of drug-likeness (QED) is 0.721. The van der Waals surface area contributed by atoms with Gasteiger partial charge in [0.25, 0.3) is 0 Å². The Labute approximate surface area is 86.1 Å². The summed E-state index contributed by atoms with van der Waals surface area (Å²) in [6, 6.07) is 2.03. The highest BCUT2D eigenvalue weighted by molar-refractivity contribution is 5.21. The van der Waals surface area contributed by atoms with Crippen LogP contribution in [0.3, 0.4) is 0 Å². The highest BCUT2D eigenvalue weighted by atomic mass is 14.9. The fourth-order valence-corrected chi connectivity index (χ4v) is 1.18. The summed E-state index contributed by atoms with van der Waals surface area (Å²) in [5.41, 5.74) is 3.79. The molecule has 0 aromatic carbocycles. The van der Waals surface area contributed by atoms with Gasteiger partial charge in [0.05, 0.1) is 0 Å². The molecule has 0 saturated carbocycles. The van der Waals surface area contributed by atoms with Crippen molar-refractivity contribution in [2.75, 3.05) is 6.54 Å². The van der Waals surface area contributed by atoms with E-state index in [0.717, 1.165) is 19.5 Å². The van der Waals surface area contributed by atoms with Gasteiger partial charge in [0.1, 0.15) is 0 Å². The molecule has 0 spiro atoms. The van der Waals surface area contributed by atoms with Crippen LogP contribution in [0.1, 0.15) is 24.5 Å². The topological polar surface area (TPSA) is 24.9 Å². The molecular weight excluding hydrogens is 172 g/mol. The summed E-state index contributed by atoms with van der Waals surface area (Å²) in [7, 11) is 0. The van der Waals surface area contributed by atoms with Crippen LogP contribution < -0.4 is 5.32 Å². The van der Waals surface area contributed by atoms with Gasteiger partial charge in [-0.2, -0.15) is 0 Å². The van der Waals surface area contributed by atoms with E-state index in [1.807, 2.05) is 18.5 Å². The van der Waals surface area contributed by atoms with Gasteiger partial charge in [-0.25, -0.2) is 0 Å². The molecule has 0 saturated heterocycles. The lowest BCUT2D eigenvalue weighted by molar-refractivity contribution is 0.722. The largest absolute Gasteiger partial charge is 0.309 e. The Kier molecular flexibility index (Phi) is 4.33. The first-order valence-corrected chi connectivity index (χ1v) is 5.01. The molecule has 0 fully saturated rings. The fourth-order valence-electron chi connectivity index (χ4n) is 1.18. The standard InChI is InChI=1S/C12H18N2/c1-4-10(2)7-14-9-12-8-13-6-5-11(12)3/h5-6,8,14H,2,4,7,9H2,1,3H3. The van der Waals surface area contributed by atoms with E-state index in [9.17, 15) is 0 Å². The second-order valence-corrected chi connectivity index (χ2v) is 3.51. The monoisotopic (exact) mass is 190 g/mol. The van der Waals surface area contributed by atoms with Gasteiger partial charge >= 0.3 is 0 Å². The SMILES string of the molecule is C=C(CC)CNCc1cnccc1C. The average molecular weight is 190 g/mol. The molecule has 0 aliphatic rings. The molecule has 0 bridgehead atoms. The van der Waals surface area contributed by atoms with Crippen molar-refractivity contribution in [3.8, 4) is 0 Å². The second-order valence-electron chi connectivity index (χ2n) is 3.51. The normalized spacial score (nSPS) is 10.1. The Morgan fingerprint density at radius 3 is 3.00 bits per heavy atom. The van der Waals surface area contributed by atoms with Crippen LogP contribution in [-0.2, 0) is 6.54 Å². The number of pyridine rings is 1. The van der Waals surface area contributed by atoms with Gasteiger partial charge in [-0.05, 0) is 30.5 Å². The van der Waals surface area contributed by atoms with E-state index >= 15 is 0 Å². The third-order valence-corrected chi connectivity index (χ3v) is 2.34. The van der Waals surface area contributed by atoms with Crippen molar-refractivity contribution in [3.63, 3.8) is 0 Å². The van der Waals surface area contributed by atoms with E-state index in [4.69, 9.17) is 0 Å². The first kappa shape index (κ1) is 10.9. The van der Waals surface area contributed by atoms with E-state index in [2.05, 4.69) is 30.7 Å². The molecule has 1 aromatic heterocycles. The molecule has 1 aromatic rings. The summed E-state index contributed by atoms with van der Waals surface area (Å²) in [4.78, 5) is 4.10. The second kappa shape index (κ2) is 5.55. The highest BCUT2D eigenvalue weighted by Crippen LogP contribution is 2.04. The fraction of sp³-hybridized carbons (Fsp3) is 0.417. The summed E-state index contributed by atoms with van der Waals surface area (Å²) in [6.45, 7) is 9.94. The van der Waals surface area contributed by atoms with Crippen LogP contribution in [-0.4, -0.2) is 11.5 Å². The summed E-state index contributed by atoms with van der Waals surface area (Å²) in [5, 5.41) is 3.35. The Morgan fingerprint density at radius 1 is 1.57 bits per heavy atom. The van der Waals surface area contributed by atoms with Gasteiger partial charge in [-0.3, -0.25) is 4.98 Å². The van der Waals surface area contributed by atoms with Crippen LogP contribution in [0.25, 0.3) is 0 Å².